The highest BCUT2D eigenvalue weighted by Gasteiger charge is 2.14. The maximum absolute atomic E-state index is 13.6. The number of fused-ring (bicyclic) bond motifs is 1. The molecule has 0 atom stereocenters. The van der Waals surface area contributed by atoms with Gasteiger partial charge in [-0.25, -0.2) is 4.39 Å². The summed E-state index contributed by atoms with van der Waals surface area (Å²) in [6.45, 7) is 0.554. The number of rotatable bonds is 2. The number of hydrogen-bond acceptors (Lipinski definition) is 2. The van der Waals surface area contributed by atoms with Crippen LogP contribution in [0.3, 0.4) is 0 Å². The van der Waals surface area contributed by atoms with Crippen LogP contribution < -0.4 is 5.32 Å². The lowest BCUT2D eigenvalue weighted by molar-refractivity contribution is 0.529. The first-order valence-electron chi connectivity index (χ1n) is 4.34. The van der Waals surface area contributed by atoms with Crippen molar-refractivity contribution in [2.45, 2.75) is 6.54 Å². The molecule has 0 radical (unpaired) electrons. The number of nitrogens with one attached hydrogen (secondary N) is 1. The Bertz CT molecular complexity index is 512. The molecule has 0 spiro atoms. The number of benzene rings is 1. The summed E-state index contributed by atoms with van der Waals surface area (Å²) in [5.74, 6) is 0.232. The Hall–Kier alpha value is -0.580. The van der Waals surface area contributed by atoms with E-state index in [1.54, 1.807) is 13.1 Å². The fraction of sp³-hybridized carbons (Fsp3) is 0.200. The van der Waals surface area contributed by atoms with E-state index in [0.29, 0.717) is 27.7 Å². The normalized spacial score (nSPS) is 11.2. The van der Waals surface area contributed by atoms with E-state index >= 15 is 0 Å². The molecule has 0 bridgehead atoms. The first-order chi connectivity index (χ1) is 7.13. The third-order valence-corrected chi connectivity index (χ3v) is 2.91. The van der Waals surface area contributed by atoms with Gasteiger partial charge < -0.3 is 9.73 Å². The van der Waals surface area contributed by atoms with Crippen LogP contribution in [-0.2, 0) is 6.54 Å². The van der Waals surface area contributed by atoms with Crippen molar-refractivity contribution in [2.75, 3.05) is 7.05 Å². The third kappa shape index (κ3) is 1.89. The molecule has 0 amide bonds. The molecule has 0 aliphatic heterocycles. The molecule has 2 rings (SSSR count). The fourth-order valence-corrected chi connectivity index (χ4v) is 2.28. The molecular weight excluding hydrogens is 284 g/mol. The second kappa shape index (κ2) is 4.12. The lowest BCUT2D eigenvalue weighted by Gasteiger charge is -1.97. The Morgan fingerprint density at radius 1 is 1.53 bits per heavy atom. The topological polar surface area (TPSA) is 25.2 Å². The van der Waals surface area contributed by atoms with E-state index in [1.807, 2.05) is 0 Å². The lowest BCUT2D eigenvalue weighted by Crippen LogP contribution is -2.03. The fourth-order valence-electron chi connectivity index (χ4n) is 1.41. The summed E-state index contributed by atoms with van der Waals surface area (Å²) < 4.78 is 19.7. The van der Waals surface area contributed by atoms with Gasteiger partial charge in [0.2, 0.25) is 0 Å². The smallest absolute Gasteiger partial charge is 0.152 e. The highest BCUT2D eigenvalue weighted by Crippen LogP contribution is 2.33. The van der Waals surface area contributed by atoms with Crippen molar-refractivity contribution in [3.63, 3.8) is 0 Å². The van der Waals surface area contributed by atoms with E-state index in [2.05, 4.69) is 21.2 Å². The third-order valence-electron chi connectivity index (χ3n) is 2.05. The van der Waals surface area contributed by atoms with Crippen LogP contribution in [0, 0.1) is 5.82 Å². The maximum Gasteiger partial charge on any atom is 0.152 e. The van der Waals surface area contributed by atoms with E-state index in [-0.39, 0.29) is 5.02 Å². The van der Waals surface area contributed by atoms with Crippen LogP contribution in [0.25, 0.3) is 11.0 Å². The van der Waals surface area contributed by atoms with Gasteiger partial charge in [-0.3, -0.25) is 0 Å². The van der Waals surface area contributed by atoms with E-state index in [0.717, 1.165) is 0 Å². The summed E-state index contributed by atoms with van der Waals surface area (Å²) in [6.07, 6.45) is 0. The van der Waals surface area contributed by atoms with E-state index in [9.17, 15) is 4.39 Å². The molecule has 1 heterocycles. The van der Waals surface area contributed by atoms with Crippen molar-refractivity contribution in [1.29, 1.82) is 0 Å². The quantitative estimate of drug-likeness (QED) is 0.854. The Morgan fingerprint density at radius 3 is 2.93 bits per heavy atom. The Kier molecular flexibility index (Phi) is 3.00. The monoisotopic (exact) mass is 291 g/mol. The predicted molar refractivity (Wildman–Crippen MR) is 61.6 cm³/mol. The average molecular weight is 293 g/mol. The minimum Gasteiger partial charge on any atom is -0.458 e. The van der Waals surface area contributed by atoms with Gasteiger partial charge >= 0.3 is 0 Å². The van der Waals surface area contributed by atoms with Crippen LogP contribution in [0.1, 0.15) is 5.76 Å². The molecule has 0 aliphatic rings. The molecule has 1 aromatic heterocycles. The Morgan fingerprint density at radius 2 is 2.27 bits per heavy atom. The van der Waals surface area contributed by atoms with Gasteiger partial charge in [-0.15, -0.1) is 0 Å². The standard InChI is InChI=1S/C10H8BrClFNO/c1-14-4-5-2-6-9(13)8(12)3-7(11)10(6)15-5/h2-3,14H,4H2,1H3. The summed E-state index contributed by atoms with van der Waals surface area (Å²) in [7, 11) is 1.80. The summed E-state index contributed by atoms with van der Waals surface area (Å²) in [6, 6.07) is 3.14. The van der Waals surface area contributed by atoms with Crippen LogP contribution in [0.4, 0.5) is 4.39 Å². The molecule has 0 fully saturated rings. The summed E-state index contributed by atoms with van der Waals surface area (Å²) >= 11 is 9.00. The van der Waals surface area contributed by atoms with Gasteiger partial charge in [0.25, 0.3) is 0 Å². The van der Waals surface area contributed by atoms with Crippen molar-refractivity contribution >= 4 is 38.5 Å². The van der Waals surface area contributed by atoms with Crippen LogP contribution in [0.5, 0.6) is 0 Å². The number of halogens is 3. The van der Waals surface area contributed by atoms with Gasteiger partial charge in [-0.2, -0.15) is 0 Å². The Balaban J connectivity index is 2.68. The lowest BCUT2D eigenvalue weighted by atomic mass is 10.2. The second-order valence-corrected chi connectivity index (χ2v) is 4.40. The van der Waals surface area contributed by atoms with Crippen LogP contribution >= 0.6 is 27.5 Å². The molecule has 0 aliphatic carbocycles. The first-order valence-corrected chi connectivity index (χ1v) is 5.51. The van der Waals surface area contributed by atoms with Gasteiger partial charge in [-0.05, 0) is 35.1 Å². The van der Waals surface area contributed by atoms with Crippen LogP contribution in [0.15, 0.2) is 21.0 Å². The average Bonchev–Trinajstić information content (AvgIpc) is 2.60. The maximum atomic E-state index is 13.6. The zero-order valence-corrected chi connectivity index (χ0v) is 10.2. The van der Waals surface area contributed by atoms with Crippen molar-refractivity contribution in [3.8, 4) is 0 Å². The second-order valence-electron chi connectivity index (χ2n) is 3.14. The molecule has 5 heteroatoms. The van der Waals surface area contributed by atoms with Crippen molar-refractivity contribution in [2.24, 2.45) is 0 Å². The minimum atomic E-state index is -0.444. The van der Waals surface area contributed by atoms with E-state index < -0.39 is 5.82 Å². The van der Waals surface area contributed by atoms with Crippen molar-refractivity contribution in [3.05, 3.63) is 33.2 Å². The molecule has 0 saturated heterocycles. The molecule has 15 heavy (non-hydrogen) atoms. The number of furan rings is 1. The highest BCUT2D eigenvalue weighted by molar-refractivity contribution is 9.10. The van der Waals surface area contributed by atoms with E-state index in [1.165, 1.54) is 6.07 Å². The van der Waals surface area contributed by atoms with Gasteiger partial charge in [-0.1, -0.05) is 11.6 Å². The van der Waals surface area contributed by atoms with E-state index in [4.69, 9.17) is 16.0 Å². The molecule has 1 aromatic carbocycles. The molecular formula is C10H8BrClFNO. The largest absolute Gasteiger partial charge is 0.458 e. The molecule has 2 nitrogen and oxygen atoms in total. The number of hydrogen-bond donors (Lipinski definition) is 1. The minimum absolute atomic E-state index is 0.0891. The summed E-state index contributed by atoms with van der Waals surface area (Å²) in [4.78, 5) is 0. The van der Waals surface area contributed by atoms with Gasteiger partial charge in [0.1, 0.15) is 5.76 Å². The predicted octanol–water partition coefficient (Wildman–Crippen LogP) is 3.71. The molecule has 2 aromatic rings. The first kappa shape index (κ1) is 10.9. The van der Waals surface area contributed by atoms with Crippen molar-refractivity contribution < 1.29 is 8.81 Å². The highest BCUT2D eigenvalue weighted by atomic mass is 79.9. The van der Waals surface area contributed by atoms with Crippen LogP contribution in [-0.4, -0.2) is 7.05 Å². The molecule has 0 saturated carbocycles. The van der Waals surface area contributed by atoms with Crippen LogP contribution in [0.2, 0.25) is 5.02 Å². The molecule has 1 N–H and O–H groups in total. The van der Waals surface area contributed by atoms with Gasteiger partial charge in [0.05, 0.1) is 21.4 Å². The summed E-state index contributed by atoms with van der Waals surface area (Å²) in [5, 5.41) is 3.43. The summed E-state index contributed by atoms with van der Waals surface area (Å²) in [5.41, 5.74) is 0.488. The van der Waals surface area contributed by atoms with Gasteiger partial charge in [0, 0.05) is 0 Å². The van der Waals surface area contributed by atoms with Gasteiger partial charge in [0.15, 0.2) is 11.4 Å². The Labute approximate surface area is 99.5 Å². The van der Waals surface area contributed by atoms with Crippen molar-refractivity contribution in [1.82, 2.24) is 5.32 Å². The SMILES string of the molecule is CNCc1cc2c(F)c(Cl)cc(Br)c2o1. The molecule has 0 unspecified atom stereocenters. The molecule has 80 valence electrons. The zero-order chi connectivity index (χ0) is 11.0. The zero-order valence-electron chi connectivity index (χ0n) is 7.90.